The predicted molar refractivity (Wildman–Crippen MR) is 80.6 cm³/mol. The van der Waals surface area contributed by atoms with Gasteiger partial charge in [0.2, 0.25) is 0 Å². The molecule has 0 aromatic heterocycles. The topological polar surface area (TPSA) is 55.8 Å². The average molecular weight is 288 g/mol. The highest BCUT2D eigenvalue weighted by Crippen LogP contribution is 2.21. The van der Waals surface area contributed by atoms with Gasteiger partial charge >= 0.3 is 5.97 Å². The molecule has 0 aromatic carbocycles. The van der Waals surface area contributed by atoms with E-state index < -0.39 is 11.6 Å². The molecule has 0 aliphatic heterocycles. The largest absolute Gasteiger partial charge is 0.467 e. The molecular weight excluding hydrogens is 256 g/mol. The monoisotopic (exact) mass is 288 g/mol. The van der Waals surface area contributed by atoms with E-state index in [2.05, 4.69) is 16.5 Å². The molecule has 4 nitrogen and oxygen atoms in total. The molecule has 0 saturated carbocycles. The molecule has 0 aliphatic rings. The molecule has 0 spiro atoms. The quantitative estimate of drug-likeness (QED) is 0.230. The Morgan fingerprint density at radius 1 is 0.950 bits per heavy atom. The molecule has 0 heterocycles. The zero-order valence-corrected chi connectivity index (χ0v) is 13.5. The fourth-order valence-corrected chi connectivity index (χ4v) is 2.35. The number of hydrogen-bond donors (Lipinski definition) is 1. The smallest absolute Gasteiger partial charge is 0.341 e. The Labute approximate surface area is 123 Å². The molecule has 1 N–H and O–H groups in total. The Hall–Kier alpha value is -0.610. The van der Waals surface area contributed by atoms with E-state index in [0.29, 0.717) is 6.42 Å². The fraction of sp³-hybridized carbons (Fsp3) is 0.938. The summed E-state index contributed by atoms with van der Waals surface area (Å²) >= 11 is 0. The molecule has 0 radical (unpaired) electrons. The van der Waals surface area contributed by atoms with Crippen molar-refractivity contribution in [3.63, 3.8) is 0 Å². The van der Waals surface area contributed by atoms with Gasteiger partial charge in [-0.05, 0) is 19.8 Å². The van der Waals surface area contributed by atoms with Crippen LogP contribution in [0.3, 0.4) is 0 Å². The van der Waals surface area contributed by atoms with E-state index in [-0.39, 0.29) is 0 Å². The molecule has 1 atom stereocenters. The molecular formula is C16H32O4. The van der Waals surface area contributed by atoms with Gasteiger partial charge in [0.25, 0.3) is 0 Å². The van der Waals surface area contributed by atoms with Gasteiger partial charge in [0.1, 0.15) is 0 Å². The van der Waals surface area contributed by atoms with Crippen LogP contribution in [-0.2, 0) is 14.4 Å². The standard InChI is InChI=1S/C16H32O4/c1-4-5-6-7-8-9-10-11-12-13-14-16(2,20-18)15(17)19-3/h18H,4-14H2,1-3H3. The number of rotatable bonds is 13. The van der Waals surface area contributed by atoms with E-state index in [1.165, 1.54) is 58.5 Å². The summed E-state index contributed by atoms with van der Waals surface area (Å²) in [5.41, 5.74) is -1.21. The first kappa shape index (κ1) is 19.4. The highest BCUT2D eigenvalue weighted by molar-refractivity contribution is 5.78. The lowest BCUT2D eigenvalue weighted by Crippen LogP contribution is -2.38. The maximum atomic E-state index is 11.4. The van der Waals surface area contributed by atoms with Gasteiger partial charge < -0.3 is 4.74 Å². The number of carbonyl (C=O) groups excluding carboxylic acids is 1. The molecule has 0 amide bonds. The van der Waals surface area contributed by atoms with Gasteiger partial charge in [0.05, 0.1) is 7.11 Å². The molecule has 0 rings (SSSR count). The van der Waals surface area contributed by atoms with Crippen molar-refractivity contribution in [2.24, 2.45) is 0 Å². The predicted octanol–water partition coefficient (Wildman–Crippen LogP) is 4.72. The Kier molecular flexibility index (Phi) is 11.8. The van der Waals surface area contributed by atoms with Crippen LogP contribution < -0.4 is 0 Å². The maximum absolute atomic E-state index is 11.4. The van der Waals surface area contributed by atoms with Crippen LogP contribution in [0.15, 0.2) is 0 Å². The van der Waals surface area contributed by atoms with E-state index in [0.717, 1.165) is 12.8 Å². The Bertz CT molecular complexity index is 243. The lowest BCUT2D eigenvalue weighted by molar-refractivity contribution is -0.314. The molecule has 0 fully saturated rings. The Balaban J connectivity index is 3.49. The van der Waals surface area contributed by atoms with E-state index in [1.807, 2.05) is 0 Å². The zero-order chi connectivity index (χ0) is 15.3. The third-order valence-electron chi connectivity index (χ3n) is 3.83. The summed E-state index contributed by atoms with van der Waals surface area (Å²) < 4.78 is 4.62. The normalized spacial score (nSPS) is 14.0. The minimum absolute atomic E-state index is 0.493. The van der Waals surface area contributed by atoms with Gasteiger partial charge in [-0.3, -0.25) is 5.26 Å². The van der Waals surface area contributed by atoms with E-state index in [1.54, 1.807) is 6.92 Å². The van der Waals surface area contributed by atoms with Crippen molar-refractivity contribution in [2.45, 2.75) is 90.1 Å². The number of hydrogen-bond acceptors (Lipinski definition) is 4. The Morgan fingerprint density at radius 2 is 1.40 bits per heavy atom. The summed E-state index contributed by atoms with van der Waals surface area (Å²) in [6, 6.07) is 0. The Morgan fingerprint density at radius 3 is 1.80 bits per heavy atom. The van der Waals surface area contributed by atoms with Gasteiger partial charge in [-0.25, -0.2) is 9.68 Å². The van der Waals surface area contributed by atoms with Crippen LogP contribution in [0.2, 0.25) is 0 Å². The summed E-state index contributed by atoms with van der Waals surface area (Å²) in [6.07, 6.45) is 12.8. The van der Waals surface area contributed by atoms with Crippen LogP contribution in [0.1, 0.15) is 84.5 Å². The van der Waals surface area contributed by atoms with Gasteiger partial charge in [-0.1, -0.05) is 64.7 Å². The number of esters is 1. The molecule has 1 unspecified atom stereocenters. The first-order valence-electron chi connectivity index (χ1n) is 8.01. The minimum atomic E-state index is -1.21. The highest BCUT2D eigenvalue weighted by atomic mass is 17.1. The molecule has 0 aromatic rings. The second kappa shape index (κ2) is 12.2. The molecule has 0 saturated heterocycles. The van der Waals surface area contributed by atoms with Crippen LogP contribution in [0.25, 0.3) is 0 Å². The summed E-state index contributed by atoms with van der Waals surface area (Å²) in [7, 11) is 1.30. The van der Waals surface area contributed by atoms with Crippen LogP contribution in [-0.4, -0.2) is 23.9 Å². The van der Waals surface area contributed by atoms with Crippen molar-refractivity contribution in [1.29, 1.82) is 0 Å². The van der Waals surface area contributed by atoms with Crippen LogP contribution >= 0.6 is 0 Å². The fourth-order valence-electron chi connectivity index (χ4n) is 2.35. The summed E-state index contributed by atoms with van der Waals surface area (Å²) in [6.45, 7) is 3.80. The SMILES string of the molecule is CCCCCCCCCCCCC(C)(OO)C(=O)OC. The molecule has 4 heteroatoms. The van der Waals surface area contributed by atoms with E-state index >= 15 is 0 Å². The van der Waals surface area contributed by atoms with Crippen molar-refractivity contribution in [3.8, 4) is 0 Å². The first-order valence-corrected chi connectivity index (χ1v) is 8.01. The van der Waals surface area contributed by atoms with Gasteiger partial charge in [0.15, 0.2) is 5.60 Å². The van der Waals surface area contributed by atoms with Gasteiger partial charge in [-0.2, -0.15) is 0 Å². The lowest BCUT2D eigenvalue weighted by atomic mass is 9.97. The summed E-state index contributed by atoms with van der Waals surface area (Å²) in [5, 5.41) is 8.83. The first-order chi connectivity index (χ1) is 9.60. The molecule has 20 heavy (non-hydrogen) atoms. The van der Waals surface area contributed by atoms with Crippen molar-refractivity contribution >= 4 is 5.97 Å². The van der Waals surface area contributed by atoms with Crippen LogP contribution in [0.5, 0.6) is 0 Å². The number of carbonyl (C=O) groups is 1. The van der Waals surface area contributed by atoms with Gasteiger partial charge in [-0.15, -0.1) is 0 Å². The average Bonchev–Trinajstić information content (AvgIpc) is 2.48. The number of methoxy groups -OCH3 is 1. The summed E-state index contributed by atoms with van der Waals surface area (Å²) in [5.74, 6) is -0.518. The molecule has 120 valence electrons. The van der Waals surface area contributed by atoms with Crippen molar-refractivity contribution < 1.29 is 19.7 Å². The maximum Gasteiger partial charge on any atom is 0.341 e. The van der Waals surface area contributed by atoms with Crippen molar-refractivity contribution in [3.05, 3.63) is 0 Å². The van der Waals surface area contributed by atoms with Crippen molar-refractivity contribution in [1.82, 2.24) is 0 Å². The number of ether oxygens (including phenoxy) is 1. The van der Waals surface area contributed by atoms with E-state index in [9.17, 15) is 4.79 Å². The second-order valence-corrected chi connectivity index (χ2v) is 5.75. The lowest BCUT2D eigenvalue weighted by Gasteiger charge is -2.22. The zero-order valence-electron chi connectivity index (χ0n) is 13.5. The van der Waals surface area contributed by atoms with Crippen LogP contribution in [0, 0.1) is 0 Å². The van der Waals surface area contributed by atoms with Crippen LogP contribution in [0.4, 0.5) is 0 Å². The van der Waals surface area contributed by atoms with E-state index in [4.69, 9.17) is 5.26 Å². The second-order valence-electron chi connectivity index (χ2n) is 5.75. The third-order valence-corrected chi connectivity index (χ3v) is 3.83. The van der Waals surface area contributed by atoms with Crippen molar-refractivity contribution in [2.75, 3.05) is 7.11 Å². The minimum Gasteiger partial charge on any atom is -0.467 e. The van der Waals surface area contributed by atoms with Gasteiger partial charge in [0, 0.05) is 0 Å². The summed E-state index contributed by atoms with van der Waals surface area (Å²) in [4.78, 5) is 15.7. The number of unbranched alkanes of at least 4 members (excludes halogenated alkanes) is 9. The highest BCUT2D eigenvalue weighted by Gasteiger charge is 2.35. The third kappa shape index (κ3) is 8.54. The molecule has 0 bridgehead atoms. The molecule has 0 aliphatic carbocycles.